The molecule has 1 aromatic heterocycles. The number of nitrogens with two attached hydrogens (primary N) is 1. The lowest BCUT2D eigenvalue weighted by Crippen LogP contribution is -2.12. The first-order valence-corrected chi connectivity index (χ1v) is 5.20. The average Bonchev–Trinajstić information content (AvgIpc) is 2.87. The van der Waals surface area contributed by atoms with Crippen LogP contribution in [-0.2, 0) is 0 Å². The van der Waals surface area contributed by atoms with Crippen molar-refractivity contribution < 1.29 is 0 Å². The number of aryl methyl sites for hydroxylation is 1. The maximum atomic E-state index is 5.97. The summed E-state index contributed by atoms with van der Waals surface area (Å²) < 4.78 is 1.98. The standard InChI is InChI=1S/C10H18N4/c1-6(2)14-10(12-8-4-5-8)9(11)7(3)13-14/h6,8,12H,4-5,11H2,1-3H3. The summed E-state index contributed by atoms with van der Waals surface area (Å²) in [6.07, 6.45) is 2.50. The van der Waals surface area contributed by atoms with Gasteiger partial charge in [-0.25, -0.2) is 4.68 Å². The molecule has 1 fully saturated rings. The number of nitrogen functional groups attached to an aromatic ring is 1. The van der Waals surface area contributed by atoms with E-state index < -0.39 is 0 Å². The third kappa shape index (κ3) is 1.56. The summed E-state index contributed by atoms with van der Waals surface area (Å²) >= 11 is 0. The molecule has 0 radical (unpaired) electrons. The van der Waals surface area contributed by atoms with E-state index in [1.165, 1.54) is 12.8 Å². The number of nitrogens with one attached hydrogen (secondary N) is 1. The van der Waals surface area contributed by atoms with Crippen LogP contribution >= 0.6 is 0 Å². The molecule has 0 aliphatic heterocycles. The quantitative estimate of drug-likeness (QED) is 0.773. The molecule has 3 N–H and O–H groups in total. The van der Waals surface area contributed by atoms with Crippen LogP contribution in [0.25, 0.3) is 0 Å². The molecule has 1 aromatic rings. The molecule has 1 aliphatic carbocycles. The second-order valence-corrected chi connectivity index (χ2v) is 4.30. The minimum atomic E-state index is 0.354. The van der Waals surface area contributed by atoms with E-state index in [9.17, 15) is 0 Å². The molecular weight excluding hydrogens is 176 g/mol. The minimum absolute atomic E-state index is 0.354. The van der Waals surface area contributed by atoms with E-state index in [0.717, 1.165) is 17.2 Å². The van der Waals surface area contributed by atoms with Crippen molar-refractivity contribution in [2.45, 2.75) is 45.7 Å². The normalized spacial score (nSPS) is 16.3. The van der Waals surface area contributed by atoms with Gasteiger partial charge < -0.3 is 11.1 Å². The van der Waals surface area contributed by atoms with Crippen molar-refractivity contribution in [3.8, 4) is 0 Å². The molecule has 1 heterocycles. The van der Waals surface area contributed by atoms with Crippen molar-refractivity contribution in [3.63, 3.8) is 0 Å². The predicted octanol–water partition coefficient (Wildman–Crippen LogP) is 1.93. The van der Waals surface area contributed by atoms with Gasteiger partial charge >= 0.3 is 0 Å². The summed E-state index contributed by atoms with van der Waals surface area (Å²) in [6, 6.07) is 0.971. The van der Waals surface area contributed by atoms with Crippen LogP contribution in [0.2, 0.25) is 0 Å². The van der Waals surface area contributed by atoms with E-state index in [0.29, 0.717) is 12.1 Å². The van der Waals surface area contributed by atoms with E-state index >= 15 is 0 Å². The van der Waals surface area contributed by atoms with Crippen molar-refractivity contribution in [1.29, 1.82) is 0 Å². The Labute approximate surface area is 84.5 Å². The highest BCUT2D eigenvalue weighted by Gasteiger charge is 2.25. The largest absolute Gasteiger partial charge is 0.394 e. The van der Waals surface area contributed by atoms with Crippen LogP contribution in [0.5, 0.6) is 0 Å². The second kappa shape index (κ2) is 3.19. The van der Waals surface area contributed by atoms with E-state index in [2.05, 4.69) is 24.3 Å². The van der Waals surface area contributed by atoms with E-state index in [4.69, 9.17) is 5.73 Å². The van der Waals surface area contributed by atoms with Gasteiger partial charge in [0.05, 0.1) is 11.4 Å². The van der Waals surface area contributed by atoms with Gasteiger partial charge in [0.1, 0.15) is 5.82 Å². The van der Waals surface area contributed by atoms with Crippen molar-refractivity contribution in [2.75, 3.05) is 11.1 Å². The molecule has 1 saturated carbocycles. The van der Waals surface area contributed by atoms with Crippen LogP contribution in [-0.4, -0.2) is 15.8 Å². The van der Waals surface area contributed by atoms with Crippen LogP contribution in [0.15, 0.2) is 0 Å². The number of anilines is 2. The highest BCUT2D eigenvalue weighted by atomic mass is 15.4. The molecule has 0 saturated heterocycles. The first-order valence-electron chi connectivity index (χ1n) is 5.20. The van der Waals surface area contributed by atoms with E-state index in [1.54, 1.807) is 0 Å². The zero-order valence-electron chi connectivity index (χ0n) is 9.04. The van der Waals surface area contributed by atoms with E-state index in [-0.39, 0.29) is 0 Å². The molecule has 0 aromatic carbocycles. The monoisotopic (exact) mass is 194 g/mol. The minimum Gasteiger partial charge on any atom is -0.394 e. The lowest BCUT2D eigenvalue weighted by molar-refractivity contribution is 0.534. The number of hydrogen-bond acceptors (Lipinski definition) is 3. The summed E-state index contributed by atoms with van der Waals surface area (Å²) in [5, 5.41) is 7.85. The number of rotatable bonds is 3. The highest BCUT2D eigenvalue weighted by Crippen LogP contribution is 2.31. The van der Waals surface area contributed by atoms with E-state index in [1.807, 2.05) is 11.6 Å². The molecule has 14 heavy (non-hydrogen) atoms. The van der Waals surface area contributed by atoms with Gasteiger partial charge in [-0.2, -0.15) is 5.10 Å². The molecule has 0 spiro atoms. The van der Waals surface area contributed by atoms with Gasteiger partial charge in [0, 0.05) is 12.1 Å². The molecule has 4 nitrogen and oxygen atoms in total. The second-order valence-electron chi connectivity index (χ2n) is 4.30. The van der Waals surface area contributed by atoms with Crippen molar-refractivity contribution in [3.05, 3.63) is 5.69 Å². The molecule has 78 valence electrons. The Balaban J connectivity index is 2.32. The summed E-state index contributed by atoms with van der Waals surface area (Å²) in [5.41, 5.74) is 7.69. The molecule has 4 heteroatoms. The Morgan fingerprint density at radius 3 is 2.64 bits per heavy atom. The number of hydrogen-bond donors (Lipinski definition) is 2. The molecule has 0 bridgehead atoms. The van der Waals surface area contributed by atoms with Crippen LogP contribution in [0.4, 0.5) is 11.5 Å². The third-order valence-electron chi connectivity index (χ3n) is 2.54. The molecule has 0 amide bonds. The van der Waals surface area contributed by atoms with Gasteiger partial charge in [-0.05, 0) is 33.6 Å². The fraction of sp³-hybridized carbons (Fsp3) is 0.700. The van der Waals surface area contributed by atoms with Crippen molar-refractivity contribution in [2.24, 2.45) is 0 Å². The summed E-state index contributed by atoms with van der Waals surface area (Å²) in [4.78, 5) is 0. The zero-order valence-corrected chi connectivity index (χ0v) is 9.04. The maximum absolute atomic E-state index is 5.97. The average molecular weight is 194 g/mol. The predicted molar refractivity (Wildman–Crippen MR) is 58.4 cm³/mol. The van der Waals surface area contributed by atoms with Gasteiger partial charge in [-0.15, -0.1) is 0 Å². The first-order chi connectivity index (χ1) is 6.59. The van der Waals surface area contributed by atoms with Crippen LogP contribution in [0.1, 0.15) is 38.4 Å². The van der Waals surface area contributed by atoms with Crippen LogP contribution in [0, 0.1) is 6.92 Å². The molecule has 1 aliphatic rings. The molecule has 2 rings (SSSR count). The van der Waals surface area contributed by atoms with Gasteiger partial charge in [0.25, 0.3) is 0 Å². The van der Waals surface area contributed by atoms with Crippen LogP contribution in [0.3, 0.4) is 0 Å². The lowest BCUT2D eigenvalue weighted by Gasteiger charge is -2.12. The van der Waals surface area contributed by atoms with Gasteiger partial charge in [-0.1, -0.05) is 0 Å². The Hall–Kier alpha value is -1.19. The Kier molecular flexibility index (Phi) is 2.13. The number of nitrogens with zero attached hydrogens (tertiary/aromatic N) is 2. The zero-order chi connectivity index (χ0) is 10.3. The Morgan fingerprint density at radius 1 is 1.50 bits per heavy atom. The summed E-state index contributed by atoms with van der Waals surface area (Å²) in [5.74, 6) is 1.00. The molecule has 0 unspecified atom stereocenters. The highest BCUT2D eigenvalue weighted by molar-refractivity contribution is 5.65. The Morgan fingerprint density at radius 2 is 2.14 bits per heavy atom. The third-order valence-corrected chi connectivity index (χ3v) is 2.54. The summed E-state index contributed by atoms with van der Waals surface area (Å²) in [7, 11) is 0. The fourth-order valence-electron chi connectivity index (χ4n) is 1.50. The lowest BCUT2D eigenvalue weighted by atomic mass is 10.3. The smallest absolute Gasteiger partial charge is 0.148 e. The molecule has 0 atom stereocenters. The summed E-state index contributed by atoms with van der Waals surface area (Å²) in [6.45, 7) is 6.18. The maximum Gasteiger partial charge on any atom is 0.148 e. The van der Waals surface area contributed by atoms with Gasteiger partial charge in [-0.3, -0.25) is 0 Å². The first kappa shape index (κ1) is 9.37. The molecular formula is C10H18N4. The topological polar surface area (TPSA) is 55.9 Å². The number of aromatic nitrogens is 2. The SMILES string of the molecule is Cc1nn(C(C)C)c(NC2CC2)c1N. The van der Waals surface area contributed by atoms with Gasteiger partial charge in [0.15, 0.2) is 0 Å². The Bertz CT molecular complexity index is 336. The van der Waals surface area contributed by atoms with Gasteiger partial charge in [0.2, 0.25) is 0 Å². The fourth-order valence-corrected chi connectivity index (χ4v) is 1.50. The van der Waals surface area contributed by atoms with Crippen molar-refractivity contribution in [1.82, 2.24) is 9.78 Å². The van der Waals surface area contributed by atoms with Crippen molar-refractivity contribution >= 4 is 11.5 Å². The van der Waals surface area contributed by atoms with Crippen LogP contribution < -0.4 is 11.1 Å².